The first kappa shape index (κ1) is 20.8. The third kappa shape index (κ3) is 3.96. The molecule has 0 bridgehead atoms. The van der Waals surface area contributed by atoms with Gasteiger partial charge in [-0.3, -0.25) is 0 Å². The van der Waals surface area contributed by atoms with Crippen molar-refractivity contribution in [2.45, 2.75) is 56.4 Å². The molecule has 0 spiro atoms. The molecule has 3 unspecified atom stereocenters. The molecule has 2 aromatic rings. The molecule has 0 radical (unpaired) electrons. The number of halogens is 1. The fourth-order valence-corrected chi connectivity index (χ4v) is 6.99. The molecule has 0 aliphatic carbocycles. The molecule has 0 saturated heterocycles. The van der Waals surface area contributed by atoms with Crippen LogP contribution in [0, 0.1) is 8.99 Å². The zero-order valence-corrected chi connectivity index (χ0v) is 18.8. The average molecular weight is 498 g/mol. The van der Waals surface area contributed by atoms with Crippen molar-refractivity contribution in [2.24, 2.45) is 5.41 Å². The van der Waals surface area contributed by atoms with Gasteiger partial charge >= 0.3 is 0 Å². The summed E-state index contributed by atoms with van der Waals surface area (Å²) < 4.78 is 27.7. The topological polar surface area (TPSA) is 54.4 Å². The maximum atomic E-state index is 13.3. The average Bonchev–Trinajstić information content (AvgIpc) is 2.73. The van der Waals surface area contributed by atoms with Crippen molar-refractivity contribution in [2.75, 3.05) is 5.75 Å². The molecule has 0 amide bonds. The summed E-state index contributed by atoms with van der Waals surface area (Å²) in [6, 6.07) is 15.3. The summed E-state index contributed by atoms with van der Waals surface area (Å²) >= 11 is 2.26. The van der Waals surface area contributed by atoms with Crippen molar-refractivity contribution in [3.8, 4) is 0 Å². The van der Waals surface area contributed by atoms with Gasteiger partial charge in [0.05, 0.1) is 16.8 Å². The number of benzene rings is 2. The van der Waals surface area contributed by atoms with E-state index in [9.17, 15) is 13.5 Å². The van der Waals surface area contributed by atoms with Gasteiger partial charge < -0.3 is 5.11 Å². The largest absolute Gasteiger partial charge is 0.392 e. The molecular formula is C22H27IO3S. The Balaban J connectivity index is 2.25. The molecular weight excluding hydrogens is 471 g/mol. The van der Waals surface area contributed by atoms with Gasteiger partial charge in [-0.25, -0.2) is 8.42 Å². The van der Waals surface area contributed by atoms with Crippen LogP contribution >= 0.6 is 22.6 Å². The van der Waals surface area contributed by atoms with Crippen molar-refractivity contribution >= 4 is 32.4 Å². The molecule has 1 heterocycles. The van der Waals surface area contributed by atoms with Gasteiger partial charge in [-0.2, -0.15) is 0 Å². The Morgan fingerprint density at radius 1 is 1.11 bits per heavy atom. The van der Waals surface area contributed by atoms with Crippen LogP contribution in [0.5, 0.6) is 0 Å². The van der Waals surface area contributed by atoms with E-state index in [1.165, 1.54) is 0 Å². The van der Waals surface area contributed by atoms with Crippen molar-refractivity contribution in [3.63, 3.8) is 0 Å². The Labute approximate surface area is 176 Å². The standard InChI is InChI=1S/C22H27IO3S/c1-3-5-14-22(4-2)15-27(25,26)19-9-7-6-8-18(19)20(21(22)24)16-10-12-17(23)13-11-16/h6-13,20-21,24H,3-5,14-15H2,1-2H3. The Hall–Kier alpha value is -0.920. The van der Waals surface area contributed by atoms with Crippen molar-refractivity contribution in [1.29, 1.82) is 0 Å². The molecule has 1 aliphatic rings. The van der Waals surface area contributed by atoms with E-state index >= 15 is 0 Å². The van der Waals surface area contributed by atoms with E-state index in [-0.39, 0.29) is 11.7 Å². The molecule has 2 aromatic carbocycles. The minimum absolute atomic E-state index is 0.00947. The van der Waals surface area contributed by atoms with Crippen LogP contribution in [0.25, 0.3) is 0 Å². The number of hydrogen-bond donors (Lipinski definition) is 1. The molecule has 1 aliphatic heterocycles. The summed E-state index contributed by atoms with van der Waals surface area (Å²) in [5.74, 6) is -0.331. The first-order valence-corrected chi connectivity index (χ1v) is 12.3. The highest BCUT2D eigenvalue weighted by atomic mass is 127. The molecule has 146 valence electrons. The Morgan fingerprint density at radius 3 is 2.41 bits per heavy atom. The van der Waals surface area contributed by atoms with Crippen LogP contribution in [-0.4, -0.2) is 25.4 Å². The maximum Gasteiger partial charge on any atom is 0.179 e. The van der Waals surface area contributed by atoms with Gasteiger partial charge in [0.2, 0.25) is 0 Å². The van der Waals surface area contributed by atoms with Gasteiger partial charge in [0.25, 0.3) is 0 Å². The summed E-state index contributed by atoms with van der Waals surface area (Å²) in [7, 11) is -3.47. The molecule has 3 nitrogen and oxygen atoms in total. The van der Waals surface area contributed by atoms with Crippen molar-refractivity contribution in [1.82, 2.24) is 0 Å². The number of aliphatic hydroxyl groups excluding tert-OH is 1. The highest BCUT2D eigenvalue weighted by molar-refractivity contribution is 14.1. The second kappa shape index (κ2) is 8.21. The lowest BCUT2D eigenvalue weighted by molar-refractivity contribution is 0.0174. The summed E-state index contributed by atoms with van der Waals surface area (Å²) in [5, 5.41) is 11.6. The predicted molar refractivity (Wildman–Crippen MR) is 118 cm³/mol. The first-order chi connectivity index (χ1) is 12.8. The normalized spacial score (nSPS) is 27.0. The molecule has 27 heavy (non-hydrogen) atoms. The zero-order valence-electron chi connectivity index (χ0n) is 15.9. The minimum atomic E-state index is -3.47. The summed E-state index contributed by atoms with van der Waals surface area (Å²) in [6.07, 6.45) is 2.51. The number of rotatable bonds is 5. The summed E-state index contributed by atoms with van der Waals surface area (Å²) in [4.78, 5) is 0.374. The van der Waals surface area contributed by atoms with E-state index in [0.29, 0.717) is 11.3 Å². The van der Waals surface area contributed by atoms with Crippen molar-refractivity contribution in [3.05, 3.63) is 63.2 Å². The predicted octanol–water partition coefficient (Wildman–Crippen LogP) is 5.16. The third-order valence-corrected chi connectivity index (χ3v) is 8.69. The van der Waals surface area contributed by atoms with Crippen LogP contribution < -0.4 is 0 Å². The number of aliphatic hydroxyl groups is 1. The van der Waals surface area contributed by atoms with Crippen molar-refractivity contribution < 1.29 is 13.5 Å². The molecule has 1 N–H and O–H groups in total. The van der Waals surface area contributed by atoms with E-state index < -0.39 is 21.4 Å². The van der Waals surface area contributed by atoms with Gasteiger partial charge in [0.1, 0.15) is 0 Å². The summed E-state index contributed by atoms with van der Waals surface area (Å²) in [6.45, 7) is 4.11. The summed E-state index contributed by atoms with van der Waals surface area (Å²) in [5.41, 5.74) is 1.06. The SMILES string of the molecule is CCCCC1(CC)CS(=O)(=O)c2ccccc2C(c2ccc(I)cc2)C1O. The van der Waals surface area contributed by atoms with Crippen LogP contribution in [0.15, 0.2) is 53.4 Å². The molecule has 3 rings (SSSR count). The van der Waals surface area contributed by atoms with Gasteiger partial charge in [0.15, 0.2) is 9.84 Å². The van der Waals surface area contributed by atoms with E-state index in [1.807, 2.05) is 43.3 Å². The van der Waals surface area contributed by atoms with E-state index in [0.717, 1.165) is 34.0 Å². The second-order valence-electron chi connectivity index (χ2n) is 7.59. The van der Waals surface area contributed by atoms with Crippen LogP contribution in [0.3, 0.4) is 0 Å². The molecule has 3 atom stereocenters. The van der Waals surface area contributed by atoms with E-state index in [1.54, 1.807) is 12.1 Å². The van der Waals surface area contributed by atoms with Gasteiger partial charge in [-0.05, 0) is 64.8 Å². The fraction of sp³-hybridized carbons (Fsp3) is 0.455. The smallest absolute Gasteiger partial charge is 0.179 e. The van der Waals surface area contributed by atoms with Crippen LogP contribution in [-0.2, 0) is 9.84 Å². The number of sulfone groups is 1. The fourth-order valence-electron chi connectivity index (χ4n) is 4.35. The van der Waals surface area contributed by atoms with Gasteiger partial charge in [0, 0.05) is 14.9 Å². The maximum absolute atomic E-state index is 13.3. The Bertz CT molecular complexity index is 892. The number of fused-ring (bicyclic) bond motifs is 1. The molecule has 0 saturated carbocycles. The van der Waals surface area contributed by atoms with E-state index in [2.05, 4.69) is 29.5 Å². The molecule has 5 heteroatoms. The minimum Gasteiger partial charge on any atom is -0.392 e. The molecule has 0 aromatic heterocycles. The highest BCUT2D eigenvalue weighted by Crippen LogP contribution is 2.48. The number of hydrogen-bond acceptors (Lipinski definition) is 3. The van der Waals surface area contributed by atoms with E-state index in [4.69, 9.17) is 0 Å². The Morgan fingerprint density at radius 2 is 1.78 bits per heavy atom. The lowest BCUT2D eigenvalue weighted by atomic mass is 9.69. The van der Waals surface area contributed by atoms with Crippen LogP contribution in [0.2, 0.25) is 0 Å². The second-order valence-corrected chi connectivity index (χ2v) is 10.8. The monoisotopic (exact) mass is 498 g/mol. The quantitative estimate of drug-likeness (QED) is 0.580. The lowest BCUT2D eigenvalue weighted by Gasteiger charge is -2.39. The van der Waals surface area contributed by atoms with Gasteiger partial charge in [-0.1, -0.05) is 57.0 Å². The lowest BCUT2D eigenvalue weighted by Crippen LogP contribution is -2.42. The van der Waals surface area contributed by atoms with Crippen LogP contribution in [0.4, 0.5) is 0 Å². The van der Waals surface area contributed by atoms with Gasteiger partial charge in [-0.15, -0.1) is 0 Å². The number of unbranched alkanes of at least 4 members (excludes halogenated alkanes) is 1. The Kier molecular flexibility index (Phi) is 6.33. The zero-order chi connectivity index (χ0) is 19.7. The first-order valence-electron chi connectivity index (χ1n) is 9.60. The highest BCUT2D eigenvalue weighted by Gasteiger charge is 2.48. The molecule has 0 fully saturated rings. The van der Waals surface area contributed by atoms with Crippen LogP contribution in [0.1, 0.15) is 56.6 Å². The third-order valence-electron chi connectivity index (χ3n) is 5.97.